The third-order valence-corrected chi connectivity index (χ3v) is 4.19. The van der Waals surface area contributed by atoms with Crippen LogP contribution < -0.4 is 10.6 Å². The van der Waals surface area contributed by atoms with Crippen molar-refractivity contribution in [1.82, 2.24) is 5.32 Å². The summed E-state index contributed by atoms with van der Waals surface area (Å²) in [5.74, 6) is -0.611. The maximum Gasteiger partial charge on any atom is 0.233 e. The highest BCUT2D eigenvalue weighted by Gasteiger charge is 2.19. The Bertz CT molecular complexity index is 782. The van der Waals surface area contributed by atoms with Crippen LogP contribution in [-0.4, -0.2) is 18.4 Å². The minimum atomic E-state index is -0.318. The van der Waals surface area contributed by atoms with Crippen LogP contribution in [0.3, 0.4) is 0 Å². The predicted molar refractivity (Wildman–Crippen MR) is 107 cm³/mol. The number of para-hydroxylation sites is 1. The maximum absolute atomic E-state index is 12.2. The first kappa shape index (κ1) is 20.0. The molecule has 0 aliphatic heterocycles. The van der Waals surface area contributed by atoms with E-state index in [9.17, 15) is 9.59 Å². The van der Waals surface area contributed by atoms with E-state index in [1.165, 1.54) is 0 Å². The van der Waals surface area contributed by atoms with Gasteiger partial charge >= 0.3 is 0 Å². The van der Waals surface area contributed by atoms with E-state index in [-0.39, 0.29) is 23.7 Å². The normalized spacial score (nSPS) is 11.1. The number of amides is 2. The lowest BCUT2D eigenvalue weighted by atomic mass is 9.86. The van der Waals surface area contributed by atoms with E-state index in [2.05, 4.69) is 31.4 Å². The molecule has 2 aromatic rings. The summed E-state index contributed by atoms with van der Waals surface area (Å²) in [6, 6.07) is 15.2. The van der Waals surface area contributed by atoms with Gasteiger partial charge in [0.05, 0.1) is 0 Å². The van der Waals surface area contributed by atoms with Gasteiger partial charge in [-0.1, -0.05) is 62.7 Å². The van der Waals surface area contributed by atoms with Crippen molar-refractivity contribution in [1.29, 1.82) is 0 Å². The molecular weight excluding hydrogens is 348 g/mol. The summed E-state index contributed by atoms with van der Waals surface area (Å²) in [5.41, 5.74) is 2.73. The van der Waals surface area contributed by atoms with Crippen molar-refractivity contribution in [2.75, 3.05) is 11.9 Å². The van der Waals surface area contributed by atoms with E-state index in [1.807, 2.05) is 48.5 Å². The second-order valence-electron chi connectivity index (χ2n) is 7.25. The lowest BCUT2D eigenvalue weighted by molar-refractivity contribution is -0.126. The minimum absolute atomic E-state index is 0.0942. The van der Waals surface area contributed by atoms with Gasteiger partial charge in [0.25, 0.3) is 0 Å². The van der Waals surface area contributed by atoms with Crippen molar-refractivity contribution in [3.8, 4) is 0 Å². The molecule has 2 aromatic carbocycles. The molecular formula is C21H25ClN2O2. The fraction of sp³-hybridized carbons (Fsp3) is 0.333. The molecule has 2 rings (SSSR count). The summed E-state index contributed by atoms with van der Waals surface area (Å²) in [5, 5.41) is 6.29. The van der Waals surface area contributed by atoms with E-state index < -0.39 is 0 Å². The molecule has 0 heterocycles. The van der Waals surface area contributed by atoms with Crippen molar-refractivity contribution >= 4 is 29.1 Å². The van der Waals surface area contributed by atoms with Gasteiger partial charge in [0, 0.05) is 17.3 Å². The van der Waals surface area contributed by atoms with Gasteiger partial charge in [-0.15, -0.1) is 0 Å². The largest absolute Gasteiger partial charge is 0.355 e. The van der Waals surface area contributed by atoms with Crippen LogP contribution in [0, 0.1) is 0 Å². The van der Waals surface area contributed by atoms with E-state index >= 15 is 0 Å². The van der Waals surface area contributed by atoms with Crippen molar-refractivity contribution in [2.45, 2.75) is 39.0 Å². The van der Waals surface area contributed by atoms with Crippen molar-refractivity contribution in [3.63, 3.8) is 0 Å². The average molecular weight is 373 g/mol. The molecule has 0 atom stereocenters. The number of anilines is 1. The minimum Gasteiger partial charge on any atom is -0.355 e. The van der Waals surface area contributed by atoms with Crippen LogP contribution in [0.25, 0.3) is 0 Å². The van der Waals surface area contributed by atoms with Crippen LogP contribution in [-0.2, 0) is 21.4 Å². The molecule has 0 aromatic heterocycles. The smallest absolute Gasteiger partial charge is 0.233 e. The van der Waals surface area contributed by atoms with Crippen LogP contribution in [0.2, 0.25) is 5.02 Å². The molecule has 2 amide bonds. The van der Waals surface area contributed by atoms with E-state index in [4.69, 9.17) is 11.6 Å². The number of rotatable bonds is 6. The molecule has 0 spiro atoms. The Kier molecular flexibility index (Phi) is 6.81. The zero-order chi connectivity index (χ0) is 19.2. The molecule has 26 heavy (non-hydrogen) atoms. The van der Waals surface area contributed by atoms with Crippen LogP contribution >= 0.6 is 11.6 Å². The van der Waals surface area contributed by atoms with Gasteiger partial charge in [0.1, 0.15) is 6.42 Å². The SMILES string of the molecule is CC(C)(C)c1ccccc1NC(=O)CC(=O)NCCc1cccc(Cl)c1. The zero-order valence-electron chi connectivity index (χ0n) is 15.4. The van der Waals surface area contributed by atoms with E-state index in [0.717, 1.165) is 16.8 Å². The van der Waals surface area contributed by atoms with Gasteiger partial charge in [0.2, 0.25) is 11.8 Å². The van der Waals surface area contributed by atoms with E-state index in [0.29, 0.717) is 18.0 Å². The lowest BCUT2D eigenvalue weighted by Crippen LogP contribution is -2.30. The molecule has 0 fully saturated rings. The Hall–Kier alpha value is -2.33. The second kappa shape index (κ2) is 8.86. The topological polar surface area (TPSA) is 58.2 Å². The number of hydrogen-bond acceptors (Lipinski definition) is 2. The molecule has 0 aliphatic rings. The number of carbonyl (C=O) groups is 2. The number of carbonyl (C=O) groups excluding carboxylic acids is 2. The summed E-state index contributed by atoms with van der Waals surface area (Å²) in [4.78, 5) is 24.2. The molecule has 0 saturated carbocycles. The fourth-order valence-electron chi connectivity index (χ4n) is 2.69. The van der Waals surface area contributed by atoms with Crippen LogP contribution in [0.1, 0.15) is 38.3 Å². The Morgan fingerprint density at radius 3 is 2.42 bits per heavy atom. The molecule has 5 heteroatoms. The summed E-state index contributed by atoms with van der Waals surface area (Å²) in [6.07, 6.45) is 0.467. The van der Waals surface area contributed by atoms with Crippen molar-refractivity contribution in [2.24, 2.45) is 0 Å². The number of benzene rings is 2. The van der Waals surface area contributed by atoms with Crippen LogP contribution in [0.4, 0.5) is 5.69 Å². The molecule has 0 aliphatic carbocycles. The molecule has 2 N–H and O–H groups in total. The highest BCUT2D eigenvalue weighted by molar-refractivity contribution is 6.30. The predicted octanol–water partition coefficient (Wildman–Crippen LogP) is 4.33. The molecule has 4 nitrogen and oxygen atoms in total. The Labute approximate surface area is 159 Å². The number of nitrogens with one attached hydrogen (secondary N) is 2. The average Bonchev–Trinajstić information content (AvgIpc) is 2.54. The lowest BCUT2D eigenvalue weighted by Gasteiger charge is -2.22. The molecule has 0 unspecified atom stereocenters. The second-order valence-corrected chi connectivity index (χ2v) is 7.69. The van der Waals surface area contributed by atoms with Crippen molar-refractivity contribution in [3.05, 3.63) is 64.7 Å². The van der Waals surface area contributed by atoms with Crippen LogP contribution in [0.15, 0.2) is 48.5 Å². The highest BCUT2D eigenvalue weighted by Crippen LogP contribution is 2.29. The molecule has 138 valence electrons. The number of hydrogen-bond donors (Lipinski definition) is 2. The number of halogens is 1. The summed E-state index contributed by atoms with van der Waals surface area (Å²) >= 11 is 5.94. The first-order valence-corrected chi connectivity index (χ1v) is 9.04. The van der Waals surface area contributed by atoms with Gasteiger partial charge in [0.15, 0.2) is 0 Å². The first-order chi connectivity index (χ1) is 12.3. The quantitative estimate of drug-likeness (QED) is 0.741. The van der Waals surface area contributed by atoms with Crippen LogP contribution in [0.5, 0.6) is 0 Å². The zero-order valence-corrected chi connectivity index (χ0v) is 16.2. The molecule has 0 bridgehead atoms. The third kappa shape index (κ3) is 6.19. The Morgan fingerprint density at radius 1 is 1.00 bits per heavy atom. The standard InChI is InChI=1S/C21H25ClN2O2/c1-21(2,3)17-9-4-5-10-18(17)24-20(26)14-19(25)23-12-11-15-7-6-8-16(22)13-15/h4-10,13H,11-12,14H2,1-3H3,(H,23,25)(H,24,26). The molecule has 0 saturated heterocycles. The van der Waals surface area contributed by atoms with Gasteiger partial charge in [-0.05, 0) is 41.2 Å². The monoisotopic (exact) mass is 372 g/mol. The van der Waals surface area contributed by atoms with E-state index in [1.54, 1.807) is 0 Å². The highest BCUT2D eigenvalue weighted by atomic mass is 35.5. The first-order valence-electron chi connectivity index (χ1n) is 8.66. The van der Waals surface area contributed by atoms with Gasteiger partial charge in [-0.3, -0.25) is 9.59 Å². The van der Waals surface area contributed by atoms with Gasteiger partial charge < -0.3 is 10.6 Å². The summed E-state index contributed by atoms with van der Waals surface area (Å²) in [7, 11) is 0. The molecule has 0 radical (unpaired) electrons. The third-order valence-electron chi connectivity index (χ3n) is 3.96. The Balaban J connectivity index is 1.83. The Morgan fingerprint density at radius 2 is 1.73 bits per heavy atom. The van der Waals surface area contributed by atoms with Gasteiger partial charge in [-0.2, -0.15) is 0 Å². The fourth-order valence-corrected chi connectivity index (χ4v) is 2.90. The summed E-state index contributed by atoms with van der Waals surface area (Å²) < 4.78 is 0. The summed E-state index contributed by atoms with van der Waals surface area (Å²) in [6.45, 7) is 6.71. The van der Waals surface area contributed by atoms with Crippen molar-refractivity contribution < 1.29 is 9.59 Å². The van der Waals surface area contributed by atoms with Gasteiger partial charge in [-0.25, -0.2) is 0 Å². The maximum atomic E-state index is 12.2.